The van der Waals surface area contributed by atoms with Crippen LogP contribution >= 0.6 is 0 Å². The largest absolute Gasteiger partial charge is 0.474 e. The van der Waals surface area contributed by atoms with Crippen molar-refractivity contribution in [1.29, 1.82) is 5.26 Å². The quantitative estimate of drug-likeness (QED) is 0.714. The zero-order valence-corrected chi connectivity index (χ0v) is 8.77. The Bertz CT molecular complexity index is 461. The highest BCUT2D eigenvalue weighted by atomic mass is 16.5. The predicted octanol–water partition coefficient (Wildman–Crippen LogP) is 1.28. The first kappa shape index (κ1) is 10.4. The van der Waals surface area contributed by atoms with Crippen molar-refractivity contribution in [2.45, 2.75) is 18.9 Å². The van der Waals surface area contributed by atoms with Gasteiger partial charge in [0.1, 0.15) is 6.10 Å². The molecule has 1 saturated carbocycles. The molecule has 0 radical (unpaired) electrons. The number of hydrogen-bond donors (Lipinski definition) is 0. The minimum Gasteiger partial charge on any atom is -0.474 e. The van der Waals surface area contributed by atoms with Crippen molar-refractivity contribution in [1.82, 2.24) is 4.98 Å². The zero-order valence-electron chi connectivity index (χ0n) is 8.77. The van der Waals surface area contributed by atoms with Crippen LogP contribution in [0.5, 0.6) is 5.88 Å². The summed E-state index contributed by atoms with van der Waals surface area (Å²) in [4.78, 5) is 15.3. The summed E-state index contributed by atoms with van der Waals surface area (Å²) in [6.07, 6.45) is 2.16. The second kappa shape index (κ2) is 4.19. The van der Waals surface area contributed by atoms with E-state index >= 15 is 0 Å². The molecule has 1 heterocycles. The molecule has 1 fully saturated rings. The minimum atomic E-state index is -0.572. The van der Waals surface area contributed by atoms with Crippen LogP contribution in [0.15, 0.2) is 12.1 Å². The van der Waals surface area contributed by atoms with Crippen LogP contribution in [0.2, 0.25) is 0 Å². The molecule has 0 spiro atoms. The number of aromatic nitrogens is 1. The molecular formula is C11H10N2O3. The van der Waals surface area contributed by atoms with Crippen molar-refractivity contribution >= 4 is 5.97 Å². The summed E-state index contributed by atoms with van der Waals surface area (Å²) in [6.45, 7) is 0. The zero-order chi connectivity index (χ0) is 11.5. The first-order valence-electron chi connectivity index (χ1n) is 4.90. The van der Waals surface area contributed by atoms with E-state index in [4.69, 9.17) is 10.00 Å². The van der Waals surface area contributed by atoms with E-state index < -0.39 is 5.97 Å². The molecule has 2 rings (SSSR count). The highest BCUT2D eigenvalue weighted by Gasteiger charge is 2.24. The fourth-order valence-electron chi connectivity index (χ4n) is 1.20. The Morgan fingerprint density at radius 3 is 2.88 bits per heavy atom. The van der Waals surface area contributed by atoms with Crippen molar-refractivity contribution in [3.8, 4) is 11.9 Å². The third-order valence-electron chi connectivity index (χ3n) is 2.14. The third kappa shape index (κ3) is 2.28. The number of esters is 1. The monoisotopic (exact) mass is 218 g/mol. The molecule has 0 aliphatic heterocycles. The lowest BCUT2D eigenvalue weighted by molar-refractivity contribution is 0.0592. The molecule has 1 aliphatic rings. The molecule has 0 saturated heterocycles. The molecule has 16 heavy (non-hydrogen) atoms. The predicted molar refractivity (Wildman–Crippen MR) is 53.9 cm³/mol. The van der Waals surface area contributed by atoms with E-state index in [0.717, 1.165) is 12.8 Å². The molecule has 0 bridgehead atoms. The van der Waals surface area contributed by atoms with Crippen LogP contribution < -0.4 is 4.74 Å². The van der Waals surface area contributed by atoms with Gasteiger partial charge in [-0.1, -0.05) is 0 Å². The number of carbonyl (C=O) groups excluding carboxylic acids is 1. The van der Waals surface area contributed by atoms with Crippen LogP contribution in [-0.2, 0) is 4.74 Å². The van der Waals surface area contributed by atoms with E-state index in [9.17, 15) is 4.79 Å². The Balaban J connectivity index is 2.30. The Labute approximate surface area is 92.6 Å². The van der Waals surface area contributed by atoms with Gasteiger partial charge < -0.3 is 9.47 Å². The van der Waals surface area contributed by atoms with E-state index in [2.05, 4.69) is 9.72 Å². The summed E-state index contributed by atoms with van der Waals surface area (Å²) in [7, 11) is 1.27. The minimum absolute atomic E-state index is 0.0946. The smallest absolute Gasteiger partial charge is 0.356 e. The summed E-state index contributed by atoms with van der Waals surface area (Å²) in [5.41, 5.74) is 0.434. The summed E-state index contributed by atoms with van der Waals surface area (Å²) in [5.74, 6) is -0.264. The Morgan fingerprint density at radius 2 is 2.31 bits per heavy atom. The van der Waals surface area contributed by atoms with E-state index in [-0.39, 0.29) is 11.8 Å². The highest BCUT2D eigenvalue weighted by molar-refractivity contribution is 5.87. The Morgan fingerprint density at radius 1 is 1.56 bits per heavy atom. The molecule has 0 aromatic carbocycles. The van der Waals surface area contributed by atoms with Crippen LogP contribution in [0.3, 0.4) is 0 Å². The molecule has 0 unspecified atom stereocenters. The third-order valence-corrected chi connectivity index (χ3v) is 2.14. The van der Waals surface area contributed by atoms with Gasteiger partial charge >= 0.3 is 5.97 Å². The van der Waals surface area contributed by atoms with Crippen LogP contribution in [-0.4, -0.2) is 24.2 Å². The van der Waals surface area contributed by atoms with Crippen molar-refractivity contribution in [2.24, 2.45) is 0 Å². The topological polar surface area (TPSA) is 72.2 Å². The van der Waals surface area contributed by atoms with Gasteiger partial charge in [-0.25, -0.2) is 9.78 Å². The molecular weight excluding hydrogens is 208 g/mol. The fraction of sp³-hybridized carbons (Fsp3) is 0.364. The lowest BCUT2D eigenvalue weighted by Gasteiger charge is -2.05. The van der Waals surface area contributed by atoms with Gasteiger partial charge in [-0.05, 0) is 18.9 Å². The fourth-order valence-corrected chi connectivity index (χ4v) is 1.20. The Kier molecular flexibility index (Phi) is 2.73. The lowest BCUT2D eigenvalue weighted by atomic mass is 10.2. The standard InChI is InChI=1S/C11H10N2O3/c1-15-11(14)9-4-7(6-12)5-10(13-9)16-8-2-3-8/h4-5,8H,2-3H2,1H3. The second-order valence-corrected chi connectivity index (χ2v) is 3.50. The molecule has 5 heteroatoms. The van der Waals surface area contributed by atoms with E-state index in [0.29, 0.717) is 11.4 Å². The van der Waals surface area contributed by atoms with Crippen molar-refractivity contribution in [2.75, 3.05) is 7.11 Å². The number of nitrogens with zero attached hydrogens (tertiary/aromatic N) is 2. The van der Waals surface area contributed by atoms with Crippen LogP contribution in [0.1, 0.15) is 28.9 Å². The van der Waals surface area contributed by atoms with Gasteiger partial charge in [0.05, 0.1) is 18.7 Å². The first-order chi connectivity index (χ1) is 7.72. The second-order valence-electron chi connectivity index (χ2n) is 3.50. The maximum atomic E-state index is 11.3. The van der Waals surface area contributed by atoms with Gasteiger partial charge in [-0.15, -0.1) is 0 Å². The van der Waals surface area contributed by atoms with E-state index in [1.165, 1.54) is 19.2 Å². The van der Waals surface area contributed by atoms with E-state index in [1.807, 2.05) is 6.07 Å². The van der Waals surface area contributed by atoms with Crippen LogP contribution in [0.4, 0.5) is 0 Å². The number of hydrogen-bond acceptors (Lipinski definition) is 5. The number of pyridine rings is 1. The SMILES string of the molecule is COC(=O)c1cc(C#N)cc(OC2CC2)n1. The average Bonchev–Trinajstić information content (AvgIpc) is 3.11. The summed E-state index contributed by atoms with van der Waals surface area (Å²) >= 11 is 0. The van der Waals surface area contributed by atoms with Crippen molar-refractivity contribution in [3.05, 3.63) is 23.4 Å². The molecule has 0 amide bonds. The number of ether oxygens (including phenoxy) is 2. The van der Waals surface area contributed by atoms with Gasteiger partial charge in [0.2, 0.25) is 5.88 Å². The number of carbonyl (C=O) groups is 1. The summed E-state index contributed by atoms with van der Waals surface area (Å²) < 4.78 is 9.98. The molecule has 1 aromatic rings. The van der Waals surface area contributed by atoms with Gasteiger partial charge in [0.15, 0.2) is 5.69 Å². The number of rotatable bonds is 3. The van der Waals surface area contributed by atoms with Crippen molar-refractivity contribution < 1.29 is 14.3 Å². The van der Waals surface area contributed by atoms with Gasteiger partial charge in [-0.3, -0.25) is 0 Å². The first-order valence-corrected chi connectivity index (χ1v) is 4.90. The highest BCUT2D eigenvalue weighted by Crippen LogP contribution is 2.26. The molecule has 5 nitrogen and oxygen atoms in total. The molecule has 0 atom stereocenters. The Hall–Kier alpha value is -2.09. The molecule has 82 valence electrons. The average molecular weight is 218 g/mol. The maximum absolute atomic E-state index is 11.3. The number of nitriles is 1. The van der Waals surface area contributed by atoms with Gasteiger partial charge in [0.25, 0.3) is 0 Å². The molecule has 1 aromatic heterocycles. The van der Waals surface area contributed by atoms with E-state index in [1.54, 1.807) is 0 Å². The number of methoxy groups -OCH3 is 1. The lowest BCUT2D eigenvalue weighted by Crippen LogP contribution is -2.07. The summed E-state index contributed by atoms with van der Waals surface area (Å²) in [6, 6.07) is 4.85. The molecule has 1 aliphatic carbocycles. The summed E-state index contributed by atoms with van der Waals surface area (Å²) in [5, 5.41) is 8.81. The van der Waals surface area contributed by atoms with Crippen molar-refractivity contribution in [3.63, 3.8) is 0 Å². The maximum Gasteiger partial charge on any atom is 0.356 e. The normalized spacial score (nSPS) is 14.0. The van der Waals surface area contributed by atoms with Crippen LogP contribution in [0.25, 0.3) is 0 Å². The molecule has 0 N–H and O–H groups in total. The van der Waals surface area contributed by atoms with Gasteiger partial charge in [0, 0.05) is 6.07 Å². The van der Waals surface area contributed by atoms with Crippen LogP contribution in [0, 0.1) is 11.3 Å². The van der Waals surface area contributed by atoms with Gasteiger partial charge in [-0.2, -0.15) is 5.26 Å².